The van der Waals surface area contributed by atoms with E-state index in [1.165, 1.54) is 24.8 Å². The van der Waals surface area contributed by atoms with Crippen LogP contribution in [-0.4, -0.2) is 47.4 Å². The summed E-state index contributed by atoms with van der Waals surface area (Å²) >= 11 is 0. The summed E-state index contributed by atoms with van der Waals surface area (Å²) in [6.07, 6.45) is 5.00. The number of benzene rings is 1. The second-order valence-corrected chi connectivity index (χ2v) is 7.64. The van der Waals surface area contributed by atoms with Crippen molar-refractivity contribution < 1.29 is 4.79 Å². The molecule has 3 atom stereocenters. The third-order valence-corrected chi connectivity index (χ3v) is 6.11. The van der Waals surface area contributed by atoms with E-state index in [1.54, 1.807) is 0 Å². The Labute approximate surface area is 144 Å². The van der Waals surface area contributed by atoms with Crippen molar-refractivity contribution in [3.63, 3.8) is 0 Å². The molecule has 2 saturated carbocycles. The summed E-state index contributed by atoms with van der Waals surface area (Å²) in [6.45, 7) is 5.15. The first-order valence-electron chi connectivity index (χ1n) is 9.22. The second kappa shape index (κ2) is 6.22. The van der Waals surface area contributed by atoms with Crippen molar-refractivity contribution in [3.05, 3.63) is 35.4 Å². The minimum absolute atomic E-state index is 0.149. The highest BCUT2D eigenvalue weighted by molar-refractivity contribution is 5.83. The molecule has 1 aliphatic heterocycles. The van der Waals surface area contributed by atoms with Gasteiger partial charge in [-0.25, -0.2) is 0 Å². The van der Waals surface area contributed by atoms with E-state index < -0.39 is 0 Å². The van der Waals surface area contributed by atoms with E-state index in [2.05, 4.69) is 22.8 Å². The Morgan fingerprint density at radius 3 is 2.54 bits per heavy atom. The summed E-state index contributed by atoms with van der Waals surface area (Å²) in [5.74, 6) is 0.836. The van der Waals surface area contributed by atoms with Gasteiger partial charge in [-0.15, -0.1) is 0 Å². The van der Waals surface area contributed by atoms with Gasteiger partial charge >= 0.3 is 0 Å². The Morgan fingerprint density at radius 2 is 1.96 bits per heavy atom. The fourth-order valence-corrected chi connectivity index (χ4v) is 4.25. The molecule has 24 heavy (non-hydrogen) atoms. The van der Waals surface area contributed by atoms with Crippen molar-refractivity contribution in [3.8, 4) is 6.07 Å². The molecule has 4 nitrogen and oxygen atoms in total. The van der Waals surface area contributed by atoms with Crippen LogP contribution in [0.5, 0.6) is 0 Å². The standard InChI is InChI=1S/C20H25N3O/c1-14-13-22(17-3-2-4-17)9-10-23(14)20(24)19-11-18(19)16-7-5-15(12-21)6-8-16/h5-8,14,17-19H,2-4,9-11,13H2,1H3/t14?,18-,19+/m1/s1. The van der Waals surface area contributed by atoms with E-state index in [9.17, 15) is 4.79 Å². The molecule has 1 unspecified atom stereocenters. The molecule has 4 rings (SSSR count). The van der Waals surface area contributed by atoms with Crippen molar-refractivity contribution in [2.24, 2.45) is 5.92 Å². The number of hydrogen-bond donors (Lipinski definition) is 0. The molecule has 3 aliphatic rings. The van der Waals surface area contributed by atoms with E-state index in [-0.39, 0.29) is 5.92 Å². The average molecular weight is 323 g/mol. The molecule has 1 amide bonds. The van der Waals surface area contributed by atoms with Gasteiger partial charge in [-0.3, -0.25) is 9.69 Å². The predicted molar refractivity (Wildman–Crippen MR) is 92.4 cm³/mol. The number of nitrogens with zero attached hydrogens (tertiary/aromatic N) is 3. The minimum atomic E-state index is 0.149. The first kappa shape index (κ1) is 15.7. The maximum absolute atomic E-state index is 12.9. The molecule has 1 aromatic rings. The number of amides is 1. The zero-order chi connectivity index (χ0) is 16.7. The number of hydrogen-bond acceptors (Lipinski definition) is 3. The SMILES string of the molecule is CC1CN(C2CCC2)CCN1C(=O)[C@H]1C[C@@H]1c1ccc(C#N)cc1. The second-order valence-electron chi connectivity index (χ2n) is 7.64. The first-order valence-corrected chi connectivity index (χ1v) is 9.22. The lowest BCUT2D eigenvalue weighted by atomic mass is 9.90. The quantitative estimate of drug-likeness (QED) is 0.859. The topological polar surface area (TPSA) is 47.3 Å². The maximum atomic E-state index is 12.9. The number of nitriles is 1. The molecule has 4 heteroatoms. The molecule has 2 aliphatic carbocycles. The summed E-state index contributed by atoms with van der Waals surface area (Å²) < 4.78 is 0. The summed E-state index contributed by atoms with van der Waals surface area (Å²) in [4.78, 5) is 17.6. The van der Waals surface area contributed by atoms with E-state index in [1.807, 2.05) is 24.3 Å². The molecular formula is C20H25N3O. The molecule has 1 aromatic carbocycles. The molecule has 1 heterocycles. The lowest BCUT2D eigenvalue weighted by molar-refractivity contribution is -0.138. The van der Waals surface area contributed by atoms with Crippen LogP contribution < -0.4 is 0 Å². The van der Waals surface area contributed by atoms with Gasteiger partial charge in [0.05, 0.1) is 11.6 Å². The van der Waals surface area contributed by atoms with Crippen LogP contribution in [0.15, 0.2) is 24.3 Å². The smallest absolute Gasteiger partial charge is 0.226 e. The summed E-state index contributed by atoms with van der Waals surface area (Å²) in [5.41, 5.74) is 1.89. The van der Waals surface area contributed by atoms with Crippen LogP contribution in [0.3, 0.4) is 0 Å². The van der Waals surface area contributed by atoms with Gasteiger partial charge in [-0.05, 0) is 49.8 Å². The third-order valence-electron chi connectivity index (χ3n) is 6.11. The van der Waals surface area contributed by atoms with Gasteiger partial charge in [0, 0.05) is 37.6 Å². The largest absolute Gasteiger partial charge is 0.337 e. The maximum Gasteiger partial charge on any atom is 0.226 e. The van der Waals surface area contributed by atoms with Gasteiger partial charge in [0.15, 0.2) is 0 Å². The van der Waals surface area contributed by atoms with Gasteiger partial charge in [0.2, 0.25) is 5.91 Å². The minimum Gasteiger partial charge on any atom is -0.337 e. The number of rotatable bonds is 3. The number of carbonyl (C=O) groups is 1. The summed E-state index contributed by atoms with van der Waals surface area (Å²) in [6, 6.07) is 11.0. The predicted octanol–water partition coefficient (Wildman–Crippen LogP) is 2.75. The zero-order valence-electron chi connectivity index (χ0n) is 14.3. The molecule has 0 radical (unpaired) electrons. The van der Waals surface area contributed by atoms with E-state index in [4.69, 9.17) is 5.26 Å². The molecule has 0 aromatic heterocycles. The molecule has 3 fully saturated rings. The molecular weight excluding hydrogens is 298 g/mol. The fraction of sp³-hybridized carbons (Fsp3) is 0.600. The number of carbonyl (C=O) groups excluding carboxylic acids is 1. The van der Waals surface area contributed by atoms with E-state index >= 15 is 0 Å². The Morgan fingerprint density at radius 1 is 1.21 bits per heavy atom. The Balaban J connectivity index is 1.35. The Hall–Kier alpha value is -1.86. The van der Waals surface area contributed by atoms with Crippen LogP contribution in [0.2, 0.25) is 0 Å². The fourth-order valence-electron chi connectivity index (χ4n) is 4.25. The first-order chi connectivity index (χ1) is 11.7. The van der Waals surface area contributed by atoms with Crippen LogP contribution in [0.1, 0.15) is 49.7 Å². The van der Waals surface area contributed by atoms with Crippen molar-refractivity contribution >= 4 is 5.91 Å². The molecule has 0 spiro atoms. The van der Waals surface area contributed by atoms with Crippen LogP contribution in [0.4, 0.5) is 0 Å². The van der Waals surface area contributed by atoms with Crippen LogP contribution in [-0.2, 0) is 4.79 Å². The lowest BCUT2D eigenvalue weighted by Crippen LogP contribution is -2.58. The Bertz CT molecular complexity index is 658. The van der Waals surface area contributed by atoms with Crippen molar-refractivity contribution in [1.82, 2.24) is 9.80 Å². The van der Waals surface area contributed by atoms with Gasteiger partial charge < -0.3 is 4.90 Å². The summed E-state index contributed by atoms with van der Waals surface area (Å²) in [5, 5.41) is 8.89. The highest BCUT2D eigenvalue weighted by Gasteiger charge is 2.47. The third kappa shape index (κ3) is 2.82. The molecule has 0 bridgehead atoms. The van der Waals surface area contributed by atoms with Crippen molar-refractivity contribution in [2.75, 3.05) is 19.6 Å². The number of piperazine rings is 1. The molecule has 1 saturated heterocycles. The van der Waals surface area contributed by atoms with Crippen LogP contribution in [0.25, 0.3) is 0 Å². The average Bonchev–Trinajstić information content (AvgIpc) is 3.33. The van der Waals surface area contributed by atoms with Crippen molar-refractivity contribution in [2.45, 2.75) is 50.6 Å². The highest BCUT2D eigenvalue weighted by atomic mass is 16.2. The molecule has 126 valence electrons. The zero-order valence-corrected chi connectivity index (χ0v) is 14.3. The van der Waals surface area contributed by atoms with Crippen LogP contribution >= 0.6 is 0 Å². The Kier molecular flexibility index (Phi) is 4.05. The van der Waals surface area contributed by atoms with Crippen LogP contribution in [0, 0.1) is 17.2 Å². The lowest BCUT2D eigenvalue weighted by Gasteiger charge is -2.46. The van der Waals surface area contributed by atoms with Crippen molar-refractivity contribution in [1.29, 1.82) is 5.26 Å². The van der Waals surface area contributed by atoms with Gasteiger partial charge in [-0.1, -0.05) is 18.6 Å². The van der Waals surface area contributed by atoms with E-state index in [0.717, 1.165) is 32.1 Å². The van der Waals surface area contributed by atoms with Gasteiger partial charge in [0.25, 0.3) is 0 Å². The molecule has 0 N–H and O–H groups in total. The normalized spacial score (nSPS) is 30.5. The monoisotopic (exact) mass is 323 g/mol. The summed E-state index contributed by atoms with van der Waals surface area (Å²) in [7, 11) is 0. The van der Waals surface area contributed by atoms with Gasteiger partial charge in [-0.2, -0.15) is 5.26 Å². The highest BCUT2D eigenvalue weighted by Crippen LogP contribution is 2.48. The van der Waals surface area contributed by atoms with E-state index in [0.29, 0.717) is 23.4 Å². The van der Waals surface area contributed by atoms with Gasteiger partial charge in [0.1, 0.15) is 0 Å².